The van der Waals surface area contributed by atoms with Crippen molar-refractivity contribution in [2.24, 2.45) is 0 Å². The highest BCUT2D eigenvalue weighted by molar-refractivity contribution is 5.74. The normalized spacial score (nSPS) is 12.3. The molecule has 0 unspecified atom stereocenters. The number of rotatable bonds is 6. The van der Waals surface area contributed by atoms with E-state index in [1.165, 1.54) is 12.8 Å². The number of H-pyrrole nitrogens is 2. The van der Waals surface area contributed by atoms with Crippen LogP contribution in [0.3, 0.4) is 0 Å². The van der Waals surface area contributed by atoms with Crippen molar-refractivity contribution in [3.05, 3.63) is 53.9 Å². The summed E-state index contributed by atoms with van der Waals surface area (Å²) >= 11 is 0. The third-order valence-electron chi connectivity index (χ3n) is 4.50. The predicted molar refractivity (Wildman–Crippen MR) is 120 cm³/mol. The van der Waals surface area contributed by atoms with E-state index in [9.17, 15) is 4.39 Å². The molecule has 0 bridgehead atoms. The van der Waals surface area contributed by atoms with Crippen molar-refractivity contribution in [1.82, 2.24) is 30.1 Å². The summed E-state index contributed by atoms with van der Waals surface area (Å²) in [6.07, 6.45) is 13.3. The van der Waals surface area contributed by atoms with Gasteiger partial charge in [0.15, 0.2) is 17.5 Å². The molecular weight excluding hydrogens is 395 g/mol. The lowest BCUT2D eigenvalue weighted by atomic mass is 10.3. The molecule has 0 saturated heterocycles. The molecule has 4 heterocycles. The fourth-order valence-corrected chi connectivity index (χ4v) is 2.91. The van der Waals surface area contributed by atoms with Crippen molar-refractivity contribution < 1.29 is 4.39 Å². The number of aromatic nitrogens is 6. The van der Waals surface area contributed by atoms with Gasteiger partial charge in [-0.1, -0.05) is 13.8 Å². The van der Waals surface area contributed by atoms with Crippen LogP contribution < -0.4 is 10.6 Å². The van der Waals surface area contributed by atoms with Crippen molar-refractivity contribution >= 4 is 28.6 Å². The maximum atomic E-state index is 14.1. The van der Waals surface area contributed by atoms with Gasteiger partial charge in [0.25, 0.3) is 0 Å². The van der Waals surface area contributed by atoms with Crippen LogP contribution in [0.2, 0.25) is 0 Å². The molecule has 1 saturated carbocycles. The maximum Gasteiger partial charge on any atom is 0.225 e. The average molecular weight is 420 g/mol. The number of anilines is 3. The van der Waals surface area contributed by atoms with Gasteiger partial charge in [-0.2, -0.15) is 10.1 Å². The van der Waals surface area contributed by atoms with Gasteiger partial charge in [0.05, 0.1) is 29.5 Å². The van der Waals surface area contributed by atoms with E-state index in [4.69, 9.17) is 0 Å². The van der Waals surface area contributed by atoms with E-state index in [0.717, 1.165) is 28.6 Å². The van der Waals surface area contributed by atoms with Gasteiger partial charge >= 0.3 is 0 Å². The second-order valence-electron chi connectivity index (χ2n) is 6.56. The van der Waals surface area contributed by atoms with Gasteiger partial charge in [-0.05, 0) is 31.0 Å². The van der Waals surface area contributed by atoms with Crippen LogP contribution in [0.4, 0.5) is 22.0 Å². The summed E-state index contributed by atoms with van der Waals surface area (Å²) in [5.74, 6) is 0.942. The van der Waals surface area contributed by atoms with Crippen LogP contribution >= 0.6 is 0 Å². The van der Waals surface area contributed by atoms with E-state index in [0.29, 0.717) is 24.2 Å². The summed E-state index contributed by atoms with van der Waals surface area (Å²) in [5, 5.41) is 13.1. The predicted octanol–water partition coefficient (Wildman–Crippen LogP) is 4.72. The third-order valence-corrected chi connectivity index (χ3v) is 4.50. The van der Waals surface area contributed by atoms with E-state index in [-0.39, 0.29) is 5.82 Å². The van der Waals surface area contributed by atoms with Gasteiger partial charge in [0, 0.05) is 23.9 Å². The summed E-state index contributed by atoms with van der Waals surface area (Å²) in [5.41, 5.74) is 3.77. The summed E-state index contributed by atoms with van der Waals surface area (Å²) in [6, 6.07) is 7.68. The molecular formula is C22H25FN8. The number of aromatic amines is 2. The van der Waals surface area contributed by atoms with Crippen LogP contribution in [-0.2, 0) is 6.54 Å². The zero-order valence-corrected chi connectivity index (χ0v) is 17.5. The number of nitrogens with one attached hydrogen (secondary N) is 4. The van der Waals surface area contributed by atoms with Crippen molar-refractivity contribution in [2.75, 3.05) is 10.6 Å². The van der Waals surface area contributed by atoms with E-state index in [2.05, 4.69) is 53.6 Å². The first-order valence-corrected chi connectivity index (χ1v) is 10.1. The SMILES string of the molecule is C#C.CC.Fc1cnc(NCc2ccc3[nH]ccc3n2)nc1Nc1cc(C2CC2)[nH]n1. The second-order valence-corrected chi connectivity index (χ2v) is 6.56. The lowest BCUT2D eigenvalue weighted by Crippen LogP contribution is -2.07. The lowest BCUT2D eigenvalue weighted by Gasteiger charge is -2.08. The zero-order valence-electron chi connectivity index (χ0n) is 17.5. The van der Waals surface area contributed by atoms with Crippen molar-refractivity contribution in [3.63, 3.8) is 0 Å². The Kier molecular flexibility index (Phi) is 7.17. The van der Waals surface area contributed by atoms with Gasteiger partial charge in [0.1, 0.15) is 0 Å². The molecule has 0 aliphatic heterocycles. The van der Waals surface area contributed by atoms with Crippen LogP contribution in [0.15, 0.2) is 36.7 Å². The summed E-state index contributed by atoms with van der Waals surface area (Å²) in [6.45, 7) is 4.43. The number of halogens is 1. The minimum atomic E-state index is -0.539. The molecule has 4 aromatic heterocycles. The van der Waals surface area contributed by atoms with Crippen LogP contribution in [0.25, 0.3) is 11.0 Å². The first-order valence-electron chi connectivity index (χ1n) is 10.1. The monoisotopic (exact) mass is 420 g/mol. The van der Waals surface area contributed by atoms with Gasteiger partial charge in [-0.3, -0.25) is 5.10 Å². The Bertz CT molecular complexity index is 1140. The fraction of sp³-hybridized carbons (Fsp3) is 0.273. The van der Waals surface area contributed by atoms with Gasteiger partial charge < -0.3 is 15.6 Å². The molecule has 1 aliphatic carbocycles. The number of hydrogen-bond donors (Lipinski definition) is 4. The van der Waals surface area contributed by atoms with Crippen LogP contribution in [-0.4, -0.2) is 30.1 Å². The van der Waals surface area contributed by atoms with Crippen molar-refractivity contribution in [3.8, 4) is 12.8 Å². The Morgan fingerprint density at radius 1 is 1.16 bits per heavy atom. The van der Waals surface area contributed by atoms with E-state index >= 15 is 0 Å². The average Bonchev–Trinajstić information content (AvgIpc) is 3.38. The Balaban J connectivity index is 0.000000645. The molecule has 0 aromatic carbocycles. The van der Waals surface area contributed by atoms with Crippen LogP contribution in [0.5, 0.6) is 0 Å². The molecule has 0 amide bonds. The highest BCUT2D eigenvalue weighted by Gasteiger charge is 2.25. The summed E-state index contributed by atoms with van der Waals surface area (Å²) in [7, 11) is 0. The molecule has 0 radical (unpaired) electrons. The molecule has 1 fully saturated rings. The number of pyridine rings is 1. The van der Waals surface area contributed by atoms with Gasteiger partial charge in [-0.15, -0.1) is 12.8 Å². The molecule has 31 heavy (non-hydrogen) atoms. The van der Waals surface area contributed by atoms with E-state index in [1.54, 1.807) is 0 Å². The van der Waals surface area contributed by atoms with E-state index in [1.807, 2.05) is 44.3 Å². The van der Waals surface area contributed by atoms with Crippen molar-refractivity contribution in [1.29, 1.82) is 0 Å². The number of terminal acetylenes is 1. The molecule has 4 aromatic rings. The zero-order chi connectivity index (χ0) is 22.2. The first kappa shape index (κ1) is 21.8. The van der Waals surface area contributed by atoms with E-state index < -0.39 is 5.82 Å². The number of hydrogen-bond acceptors (Lipinski definition) is 6. The molecule has 9 heteroatoms. The minimum Gasteiger partial charge on any atom is -0.360 e. The first-order chi connectivity index (χ1) is 15.2. The highest BCUT2D eigenvalue weighted by Crippen LogP contribution is 2.39. The summed E-state index contributed by atoms with van der Waals surface area (Å²) in [4.78, 5) is 15.8. The molecule has 4 N–H and O–H groups in total. The largest absolute Gasteiger partial charge is 0.360 e. The van der Waals surface area contributed by atoms with Crippen LogP contribution in [0.1, 0.15) is 44.0 Å². The Morgan fingerprint density at radius 3 is 2.74 bits per heavy atom. The topological polar surface area (TPSA) is 107 Å². The third kappa shape index (κ3) is 5.36. The standard InChI is InChI=1S/C18H17FN8.C2H6.C2H2/c19-12-9-22-18(21-8-11-3-4-13-14(23-11)5-6-20-13)25-17(12)24-16-7-15(26-27-16)10-1-2-10;2*1-2/h3-7,9-10,20H,1-2,8H2,(H3,21,22,24,25,26,27);1-2H3;1-2H. The van der Waals surface area contributed by atoms with Crippen molar-refractivity contribution in [2.45, 2.75) is 39.2 Å². The summed E-state index contributed by atoms with van der Waals surface area (Å²) < 4.78 is 14.1. The van der Waals surface area contributed by atoms with Crippen LogP contribution in [0, 0.1) is 18.7 Å². The van der Waals surface area contributed by atoms with Gasteiger partial charge in [-0.25, -0.2) is 14.4 Å². The second kappa shape index (κ2) is 10.2. The Hall–Kier alpha value is -3.93. The molecule has 160 valence electrons. The molecule has 0 spiro atoms. The Morgan fingerprint density at radius 2 is 1.97 bits per heavy atom. The number of fused-ring (bicyclic) bond motifs is 1. The maximum absolute atomic E-state index is 14.1. The quantitative estimate of drug-likeness (QED) is 0.336. The lowest BCUT2D eigenvalue weighted by molar-refractivity contribution is 0.619. The number of nitrogens with zero attached hydrogens (tertiary/aromatic N) is 4. The molecule has 8 nitrogen and oxygen atoms in total. The highest BCUT2D eigenvalue weighted by atomic mass is 19.1. The molecule has 1 aliphatic rings. The minimum absolute atomic E-state index is 0.0791. The van der Waals surface area contributed by atoms with Gasteiger partial charge in [0.2, 0.25) is 5.95 Å². The smallest absolute Gasteiger partial charge is 0.225 e. The fourth-order valence-electron chi connectivity index (χ4n) is 2.91. The molecule has 5 rings (SSSR count). The Labute approximate surface area is 180 Å². The molecule has 0 atom stereocenters.